The topological polar surface area (TPSA) is 78.9 Å². The smallest absolute Gasteiger partial charge is 0.305 e. The Balaban J connectivity index is 3.61. The van der Waals surface area contributed by atoms with Crippen LogP contribution in [0.4, 0.5) is 0 Å². The van der Waals surface area contributed by atoms with Gasteiger partial charge in [0.15, 0.2) is 0 Å². The van der Waals surface area contributed by atoms with Gasteiger partial charge < -0.3 is 15.2 Å². The third-order valence-corrected chi connectivity index (χ3v) is 2.34. The van der Waals surface area contributed by atoms with E-state index in [4.69, 9.17) is 5.11 Å². The molecule has 0 atom stereocenters. The minimum atomic E-state index is -0.269. The molecule has 0 aliphatic rings. The van der Waals surface area contributed by atoms with Gasteiger partial charge >= 0.3 is 5.97 Å². The van der Waals surface area contributed by atoms with Crippen LogP contribution in [-0.4, -0.2) is 61.8 Å². The van der Waals surface area contributed by atoms with Crippen LogP contribution in [0.2, 0.25) is 0 Å². The van der Waals surface area contributed by atoms with E-state index in [1.807, 2.05) is 11.8 Å². The number of nitrogens with zero attached hydrogens (tertiary/aromatic N) is 1. The molecular weight excluding hydrogens is 224 g/mol. The van der Waals surface area contributed by atoms with Crippen molar-refractivity contribution in [3.63, 3.8) is 0 Å². The third-order valence-electron chi connectivity index (χ3n) is 2.34. The Morgan fingerprint density at radius 3 is 2.65 bits per heavy atom. The molecule has 0 saturated heterocycles. The average molecular weight is 246 g/mol. The maximum absolute atomic E-state index is 11.5. The molecule has 0 fully saturated rings. The number of ether oxygens (including phenoxy) is 1. The van der Waals surface area contributed by atoms with Crippen molar-refractivity contribution >= 4 is 11.9 Å². The molecule has 0 radical (unpaired) electrons. The second kappa shape index (κ2) is 10.0. The zero-order chi connectivity index (χ0) is 13.1. The van der Waals surface area contributed by atoms with Gasteiger partial charge in [0, 0.05) is 19.5 Å². The van der Waals surface area contributed by atoms with Crippen LogP contribution in [-0.2, 0) is 14.3 Å². The highest BCUT2D eigenvalue weighted by Crippen LogP contribution is 1.90. The standard InChI is InChI=1S/C11H22N2O4/c1-3-13(7-8-14)9-10(15)12-6-4-5-11(16)17-2/h14H,3-9H2,1-2H3,(H,12,15). The molecule has 1 amide bonds. The Kier molecular flexibility index (Phi) is 9.37. The van der Waals surface area contributed by atoms with Crippen molar-refractivity contribution in [2.75, 3.05) is 39.9 Å². The fraction of sp³-hybridized carbons (Fsp3) is 0.818. The fourth-order valence-corrected chi connectivity index (χ4v) is 1.31. The summed E-state index contributed by atoms with van der Waals surface area (Å²) < 4.78 is 4.48. The summed E-state index contributed by atoms with van der Waals surface area (Å²) in [5.41, 5.74) is 0. The summed E-state index contributed by atoms with van der Waals surface area (Å²) in [6.45, 7) is 3.92. The summed E-state index contributed by atoms with van der Waals surface area (Å²) in [5, 5.41) is 11.5. The van der Waals surface area contributed by atoms with Gasteiger partial charge in [-0.15, -0.1) is 0 Å². The summed E-state index contributed by atoms with van der Waals surface area (Å²) in [4.78, 5) is 24.1. The first-order chi connectivity index (χ1) is 8.13. The summed E-state index contributed by atoms with van der Waals surface area (Å²) in [7, 11) is 1.34. The van der Waals surface area contributed by atoms with Gasteiger partial charge in [0.1, 0.15) is 0 Å². The normalized spacial score (nSPS) is 10.4. The first-order valence-electron chi connectivity index (χ1n) is 5.80. The van der Waals surface area contributed by atoms with Crippen molar-refractivity contribution in [2.24, 2.45) is 0 Å². The molecule has 0 aromatic carbocycles. The van der Waals surface area contributed by atoms with E-state index in [1.54, 1.807) is 0 Å². The molecule has 6 heteroatoms. The van der Waals surface area contributed by atoms with Gasteiger partial charge in [-0.3, -0.25) is 14.5 Å². The number of esters is 1. The number of likely N-dealkylation sites (N-methyl/N-ethyl adjacent to an activating group) is 1. The first-order valence-corrected chi connectivity index (χ1v) is 5.80. The lowest BCUT2D eigenvalue weighted by atomic mass is 10.3. The Morgan fingerprint density at radius 1 is 1.41 bits per heavy atom. The van der Waals surface area contributed by atoms with Gasteiger partial charge in [-0.25, -0.2) is 0 Å². The Morgan fingerprint density at radius 2 is 2.12 bits per heavy atom. The van der Waals surface area contributed by atoms with E-state index in [9.17, 15) is 9.59 Å². The van der Waals surface area contributed by atoms with Crippen LogP contribution in [0, 0.1) is 0 Å². The van der Waals surface area contributed by atoms with E-state index in [-0.39, 0.29) is 25.0 Å². The lowest BCUT2D eigenvalue weighted by molar-refractivity contribution is -0.140. The highest BCUT2D eigenvalue weighted by molar-refractivity contribution is 5.78. The van der Waals surface area contributed by atoms with E-state index < -0.39 is 0 Å². The molecule has 2 N–H and O–H groups in total. The van der Waals surface area contributed by atoms with Gasteiger partial charge in [0.2, 0.25) is 5.91 Å². The number of aliphatic hydroxyl groups is 1. The summed E-state index contributed by atoms with van der Waals surface area (Å²) in [6.07, 6.45) is 0.884. The molecule has 0 aromatic rings. The molecular formula is C11H22N2O4. The number of amides is 1. The Labute approximate surface area is 102 Å². The maximum Gasteiger partial charge on any atom is 0.305 e. The van der Waals surface area contributed by atoms with Crippen molar-refractivity contribution in [3.05, 3.63) is 0 Å². The van der Waals surface area contributed by atoms with Gasteiger partial charge in [-0.1, -0.05) is 6.92 Å². The fourth-order valence-electron chi connectivity index (χ4n) is 1.31. The quantitative estimate of drug-likeness (QED) is 0.418. The average Bonchev–Trinajstić information content (AvgIpc) is 2.33. The number of carbonyl (C=O) groups is 2. The maximum atomic E-state index is 11.5. The molecule has 0 heterocycles. The summed E-state index contributed by atoms with van der Waals surface area (Å²) in [5.74, 6) is -0.361. The minimum Gasteiger partial charge on any atom is -0.469 e. The van der Waals surface area contributed by atoms with Crippen LogP contribution in [0.15, 0.2) is 0 Å². The van der Waals surface area contributed by atoms with E-state index in [2.05, 4.69) is 10.1 Å². The molecule has 0 bridgehead atoms. The second-order valence-corrected chi connectivity index (χ2v) is 3.62. The molecule has 6 nitrogen and oxygen atoms in total. The van der Waals surface area contributed by atoms with Crippen molar-refractivity contribution in [1.82, 2.24) is 10.2 Å². The van der Waals surface area contributed by atoms with Crippen LogP contribution in [0.3, 0.4) is 0 Å². The second-order valence-electron chi connectivity index (χ2n) is 3.62. The first kappa shape index (κ1) is 15.9. The highest BCUT2D eigenvalue weighted by atomic mass is 16.5. The number of methoxy groups -OCH3 is 1. The molecule has 0 aliphatic heterocycles. The lowest BCUT2D eigenvalue weighted by Gasteiger charge is -2.18. The van der Waals surface area contributed by atoms with Crippen molar-refractivity contribution in [3.8, 4) is 0 Å². The molecule has 0 unspecified atom stereocenters. The third kappa shape index (κ3) is 8.65. The number of carbonyl (C=O) groups excluding carboxylic acids is 2. The van der Waals surface area contributed by atoms with Crippen LogP contribution >= 0.6 is 0 Å². The summed E-state index contributed by atoms with van der Waals surface area (Å²) >= 11 is 0. The largest absolute Gasteiger partial charge is 0.469 e. The molecule has 0 spiro atoms. The number of nitrogens with one attached hydrogen (secondary N) is 1. The van der Waals surface area contributed by atoms with E-state index in [1.165, 1.54) is 7.11 Å². The molecule has 0 aromatic heterocycles. The van der Waals surface area contributed by atoms with Crippen molar-refractivity contribution in [2.45, 2.75) is 19.8 Å². The predicted octanol–water partition coefficient (Wildman–Crippen LogP) is -0.630. The highest BCUT2D eigenvalue weighted by Gasteiger charge is 2.08. The SMILES string of the molecule is CCN(CCO)CC(=O)NCCCC(=O)OC. The van der Waals surface area contributed by atoms with Gasteiger partial charge in [-0.2, -0.15) is 0 Å². The van der Waals surface area contributed by atoms with Crippen LogP contribution in [0.1, 0.15) is 19.8 Å². The zero-order valence-corrected chi connectivity index (χ0v) is 10.6. The number of rotatable bonds is 9. The van der Waals surface area contributed by atoms with Gasteiger partial charge in [0.25, 0.3) is 0 Å². The molecule has 100 valence electrons. The van der Waals surface area contributed by atoms with Gasteiger partial charge in [0.05, 0.1) is 20.3 Å². The van der Waals surface area contributed by atoms with Gasteiger partial charge in [-0.05, 0) is 13.0 Å². The Hall–Kier alpha value is -1.14. The minimum absolute atomic E-state index is 0.0451. The van der Waals surface area contributed by atoms with E-state index in [0.717, 1.165) is 6.54 Å². The van der Waals surface area contributed by atoms with E-state index >= 15 is 0 Å². The summed E-state index contributed by atoms with van der Waals surface area (Å²) in [6, 6.07) is 0. The predicted molar refractivity (Wildman–Crippen MR) is 63.5 cm³/mol. The number of hydrogen-bond acceptors (Lipinski definition) is 5. The lowest BCUT2D eigenvalue weighted by Crippen LogP contribution is -2.38. The Bertz CT molecular complexity index is 234. The van der Waals surface area contributed by atoms with Crippen molar-refractivity contribution in [1.29, 1.82) is 0 Å². The van der Waals surface area contributed by atoms with E-state index in [0.29, 0.717) is 25.9 Å². The molecule has 0 saturated carbocycles. The number of hydrogen-bond donors (Lipinski definition) is 2. The monoisotopic (exact) mass is 246 g/mol. The zero-order valence-electron chi connectivity index (χ0n) is 10.6. The molecule has 0 aliphatic carbocycles. The van der Waals surface area contributed by atoms with Crippen molar-refractivity contribution < 1.29 is 19.4 Å². The number of aliphatic hydroxyl groups excluding tert-OH is 1. The van der Waals surface area contributed by atoms with Crippen LogP contribution in [0.25, 0.3) is 0 Å². The molecule has 17 heavy (non-hydrogen) atoms. The van der Waals surface area contributed by atoms with Crippen LogP contribution < -0.4 is 5.32 Å². The van der Waals surface area contributed by atoms with Crippen LogP contribution in [0.5, 0.6) is 0 Å². The molecule has 0 rings (SSSR count).